The Bertz CT molecular complexity index is 1250. The quantitative estimate of drug-likeness (QED) is 0.225. The van der Waals surface area contributed by atoms with Crippen molar-refractivity contribution >= 4 is 34.4 Å². The van der Waals surface area contributed by atoms with Gasteiger partial charge in [0.15, 0.2) is 0 Å². The molecule has 0 aliphatic heterocycles. The lowest BCUT2D eigenvalue weighted by molar-refractivity contribution is -0.134. The highest BCUT2D eigenvalue weighted by Crippen LogP contribution is 2.29. The molecule has 0 aliphatic rings. The summed E-state index contributed by atoms with van der Waals surface area (Å²) in [4.78, 5) is 41.5. The van der Waals surface area contributed by atoms with Crippen molar-refractivity contribution in [2.75, 3.05) is 6.54 Å². The number of amides is 1. The van der Waals surface area contributed by atoms with E-state index in [1.807, 2.05) is 40.0 Å². The van der Waals surface area contributed by atoms with E-state index in [-0.39, 0.29) is 17.8 Å². The van der Waals surface area contributed by atoms with Crippen LogP contribution in [0.3, 0.4) is 0 Å². The number of aromatic nitrogens is 1. The van der Waals surface area contributed by atoms with Gasteiger partial charge in [-0.3, -0.25) is 9.59 Å². The maximum Gasteiger partial charge on any atom is 0.407 e. The first-order chi connectivity index (χ1) is 16.6. The number of hydrogen-bond donors (Lipinski definition) is 1. The molecule has 0 saturated carbocycles. The summed E-state index contributed by atoms with van der Waals surface area (Å²) in [5.74, 6) is 0.0500. The third-order valence-electron chi connectivity index (χ3n) is 5.14. The highest BCUT2D eigenvalue weighted by molar-refractivity contribution is 7.13. The number of rotatable bonds is 9. The number of benzene rings is 1. The molecule has 8 nitrogen and oxygen atoms in total. The topological polar surface area (TPSA) is 108 Å². The van der Waals surface area contributed by atoms with E-state index in [2.05, 4.69) is 10.3 Å². The van der Waals surface area contributed by atoms with Crippen LogP contribution in [0.15, 0.2) is 33.0 Å². The first-order valence-electron chi connectivity index (χ1n) is 11.8. The lowest BCUT2D eigenvalue weighted by atomic mass is 10.1. The van der Waals surface area contributed by atoms with Crippen molar-refractivity contribution in [2.24, 2.45) is 0 Å². The molecule has 0 spiro atoms. The van der Waals surface area contributed by atoms with Crippen LogP contribution in [0.2, 0.25) is 0 Å². The minimum Gasteiger partial charge on any atom is -0.463 e. The Hall–Kier alpha value is -3.20. The normalized spacial score (nSPS) is 11.5. The molecule has 0 aliphatic carbocycles. The van der Waals surface area contributed by atoms with Gasteiger partial charge in [0.2, 0.25) is 5.43 Å². The third-order valence-corrected chi connectivity index (χ3v) is 6.13. The second-order valence-electron chi connectivity index (χ2n) is 9.30. The Morgan fingerprint density at radius 3 is 2.60 bits per heavy atom. The maximum absolute atomic E-state index is 13.0. The summed E-state index contributed by atoms with van der Waals surface area (Å²) < 4.78 is 16.5. The first kappa shape index (κ1) is 26.4. The zero-order valence-corrected chi connectivity index (χ0v) is 21.7. The van der Waals surface area contributed by atoms with Gasteiger partial charge in [-0.15, -0.1) is 11.3 Å². The minimum atomic E-state index is -0.529. The van der Waals surface area contributed by atoms with Gasteiger partial charge < -0.3 is 19.2 Å². The van der Waals surface area contributed by atoms with Crippen molar-refractivity contribution in [3.63, 3.8) is 0 Å². The monoisotopic (exact) mass is 500 g/mol. The first-order valence-corrected chi connectivity index (χ1v) is 12.6. The van der Waals surface area contributed by atoms with E-state index in [9.17, 15) is 14.4 Å². The van der Waals surface area contributed by atoms with Crippen molar-refractivity contribution in [3.8, 4) is 16.3 Å². The molecule has 1 aromatic carbocycles. The average Bonchev–Trinajstić information content (AvgIpc) is 3.20. The summed E-state index contributed by atoms with van der Waals surface area (Å²) in [5.41, 5.74) is 1.70. The largest absolute Gasteiger partial charge is 0.463 e. The highest BCUT2D eigenvalue weighted by atomic mass is 32.1. The number of ether oxygens (including phenoxy) is 2. The van der Waals surface area contributed by atoms with E-state index in [1.54, 1.807) is 12.1 Å². The van der Waals surface area contributed by atoms with Crippen molar-refractivity contribution in [2.45, 2.75) is 72.3 Å². The Kier molecular flexibility index (Phi) is 8.67. The molecule has 2 aromatic heterocycles. The van der Waals surface area contributed by atoms with Crippen LogP contribution in [0.25, 0.3) is 21.5 Å². The predicted molar refractivity (Wildman–Crippen MR) is 136 cm³/mol. The van der Waals surface area contributed by atoms with Gasteiger partial charge in [0.25, 0.3) is 0 Å². The minimum absolute atomic E-state index is 0.159. The number of hydrogen-bond acceptors (Lipinski definition) is 8. The predicted octanol–water partition coefficient (Wildman–Crippen LogP) is 5.78. The van der Waals surface area contributed by atoms with Crippen molar-refractivity contribution in [1.29, 1.82) is 0 Å². The summed E-state index contributed by atoms with van der Waals surface area (Å²) in [7, 11) is 0. The van der Waals surface area contributed by atoms with Crippen LogP contribution in [0.4, 0.5) is 4.79 Å². The van der Waals surface area contributed by atoms with Crippen LogP contribution in [-0.2, 0) is 16.0 Å². The highest BCUT2D eigenvalue weighted by Gasteiger charge is 2.17. The number of carbonyl (C=O) groups is 2. The Labute approximate surface area is 208 Å². The lowest BCUT2D eigenvalue weighted by Gasteiger charge is -2.19. The van der Waals surface area contributed by atoms with Crippen LogP contribution >= 0.6 is 11.3 Å². The second-order valence-corrected chi connectivity index (χ2v) is 10.2. The van der Waals surface area contributed by atoms with Crippen LogP contribution in [-0.4, -0.2) is 29.2 Å². The zero-order valence-electron chi connectivity index (χ0n) is 20.9. The maximum atomic E-state index is 13.0. The number of nitrogens with zero attached hydrogens (tertiary/aromatic N) is 1. The Morgan fingerprint density at radius 1 is 1.17 bits per heavy atom. The molecule has 3 aromatic rings. The molecular formula is C26H32N2O6S. The summed E-state index contributed by atoms with van der Waals surface area (Å²) in [6.07, 6.45) is 3.93. The second kappa shape index (κ2) is 11.5. The van der Waals surface area contributed by atoms with Crippen LogP contribution in [0, 0.1) is 6.92 Å². The van der Waals surface area contributed by atoms with E-state index < -0.39 is 11.7 Å². The summed E-state index contributed by atoms with van der Waals surface area (Å²) in [6.45, 7) is 9.73. The molecule has 0 bridgehead atoms. The third kappa shape index (κ3) is 7.39. The molecule has 2 heterocycles. The van der Waals surface area contributed by atoms with Crippen molar-refractivity contribution in [1.82, 2.24) is 10.3 Å². The van der Waals surface area contributed by atoms with Crippen molar-refractivity contribution in [3.05, 3.63) is 45.3 Å². The molecule has 3 rings (SSSR count). The standard InChI is InChI=1S/C26H32N2O6S/c1-6-17-12-18-21(32-14-19(23(18)30)24-28-16(2)15-35-24)13-20(17)33-22(29)10-8-7-9-11-27-25(31)34-26(3,4)5/h12-15H,6-11H2,1-5H3,(H,27,31). The molecule has 0 radical (unpaired) electrons. The van der Waals surface area contributed by atoms with Crippen molar-refractivity contribution < 1.29 is 23.5 Å². The van der Waals surface area contributed by atoms with Gasteiger partial charge in [-0.2, -0.15) is 0 Å². The Balaban J connectivity index is 1.57. The number of aryl methyl sites for hydroxylation is 2. The molecule has 1 amide bonds. The summed E-state index contributed by atoms with van der Waals surface area (Å²) >= 11 is 1.40. The molecule has 0 unspecified atom stereocenters. The van der Waals surface area contributed by atoms with Gasteiger partial charge in [0.1, 0.15) is 28.2 Å². The number of unbranched alkanes of at least 4 members (excludes halogenated alkanes) is 2. The lowest BCUT2D eigenvalue weighted by Crippen LogP contribution is -2.33. The van der Waals surface area contributed by atoms with Gasteiger partial charge >= 0.3 is 12.1 Å². The fourth-order valence-electron chi connectivity index (χ4n) is 3.45. The molecule has 0 saturated heterocycles. The van der Waals surface area contributed by atoms with Gasteiger partial charge in [-0.05, 0) is 58.6 Å². The van der Waals surface area contributed by atoms with Crippen LogP contribution < -0.4 is 15.5 Å². The van der Waals surface area contributed by atoms with E-state index in [4.69, 9.17) is 13.9 Å². The molecule has 9 heteroatoms. The average molecular weight is 501 g/mol. The number of thiazole rings is 1. The summed E-state index contributed by atoms with van der Waals surface area (Å²) in [5, 5.41) is 5.64. The van der Waals surface area contributed by atoms with Gasteiger partial charge in [-0.25, -0.2) is 9.78 Å². The number of fused-ring (bicyclic) bond motifs is 1. The molecule has 0 atom stereocenters. The summed E-state index contributed by atoms with van der Waals surface area (Å²) in [6, 6.07) is 3.34. The smallest absolute Gasteiger partial charge is 0.407 e. The zero-order chi connectivity index (χ0) is 25.6. The van der Waals surface area contributed by atoms with E-state index >= 15 is 0 Å². The SMILES string of the molecule is CCc1cc2c(=O)c(-c3nc(C)cs3)coc2cc1OC(=O)CCCCCNC(=O)OC(C)(C)C. The van der Waals surface area contributed by atoms with E-state index in [0.717, 1.165) is 24.1 Å². The number of nitrogens with one attached hydrogen (secondary N) is 1. The van der Waals surface area contributed by atoms with Gasteiger partial charge in [0, 0.05) is 30.1 Å². The molecule has 1 N–H and O–H groups in total. The molecule has 35 heavy (non-hydrogen) atoms. The Morgan fingerprint density at radius 2 is 1.94 bits per heavy atom. The fraction of sp³-hybridized carbons (Fsp3) is 0.462. The molecule has 188 valence electrons. The molecular weight excluding hydrogens is 468 g/mol. The van der Waals surface area contributed by atoms with Crippen LogP contribution in [0.1, 0.15) is 64.6 Å². The number of carbonyl (C=O) groups excluding carboxylic acids is 2. The molecule has 0 fully saturated rings. The van der Waals surface area contributed by atoms with Gasteiger partial charge in [0.05, 0.1) is 10.9 Å². The van der Waals surface area contributed by atoms with E-state index in [1.165, 1.54) is 17.6 Å². The number of alkyl carbamates (subject to hydrolysis) is 1. The van der Waals surface area contributed by atoms with Gasteiger partial charge in [-0.1, -0.05) is 13.3 Å². The van der Waals surface area contributed by atoms with Crippen LogP contribution in [0.5, 0.6) is 5.75 Å². The fourth-order valence-corrected chi connectivity index (χ4v) is 4.25. The van der Waals surface area contributed by atoms with E-state index in [0.29, 0.717) is 46.7 Å². The number of esters is 1.